The summed E-state index contributed by atoms with van der Waals surface area (Å²) in [5.41, 5.74) is 7.84. The number of hydrogen-bond acceptors (Lipinski definition) is 5. The lowest BCUT2D eigenvalue weighted by atomic mass is 10.1. The molecule has 1 fully saturated rings. The summed E-state index contributed by atoms with van der Waals surface area (Å²) in [4.78, 5) is 36.6. The van der Waals surface area contributed by atoms with Gasteiger partial charge in [-0.1, -0.05) is 12.1 Å². The fourth-order valence-electron chi connectivity index (χ4n) is 2.24. The van der Waals surface area contributed by atoms with E-state index < -0.39 is 17.3 Å². The number of hydrogen-bond donors (Lipinski definition) is 2. The molecule has 3 N–H and O–H groups in total. The SMILES string of the molecule is Cc1ccc(C)c(N2C(=O)CC(SCC(N)C(=O)O)C2=O)c1. The Labute approximate surface area is 132 Å². The van der Waals surface area contributed by atoms with Crippen molar-refractivity contribution < 1.29 is 19.5 Å². The highest BCUT2D eigenvalue weighted by atomic mass is 32.2. The van der Waals surface area contributed by atoms with Crippen LogP contribution in [0.25, 0.3) is 0 Å². The largest absolute Gasteiger partial charge is 0.480 e. The molecule has 2 amide bonds. The maximum atomic E-state index is 12.5. The minimum atomic E-state index is -1.12. The lowest BCUT2D eigenvalue weighted by Crippen LogP contribution is -2.35. The number of rotatable bonds is 5. The first-order valence-corrected chi connectivity index (χ1v) is 7.90. The predicted octanol–water partition coefficient (Wildman–Crippen LogP) is 1.08. The molecule has 0 bridgehead atoms. The van der Waals surface area contributed by atoms with Gasteiger partial charge in [0.05, 0.1) is 10.9 Å². The molecule has 0 aromatic heterocycles. The molecule has 6 nitrogen and oxygen atoms in total. The minimum absolute atomic E-state index is 0.0726. The van der Waals surface area contributed by atoms with Gasteiger partial charge in [-0.3, -0.25) is 14.4 Å². The Balaban J connectivity index is 2.15. The van der Waals surface area contributed by atoms with E-state index in [1.807, 2.05) is 26.0 Å². The van der Waals surface area contributed by atoms with Gasteiger partial charge in [0, 0.05) is 12.2 Å². The van der Waals surface area contributed by atoms with E-state index in [0.717, 1.165) is 22.9 Å². The summed E-state index contributed by atoms with van der Waals surface area (Å²) in [5, 5.41) is 8.20. The highest BCUT2D eigenvalue weighted by Crippen LogP contribution is 2.32. The van der Waals surface area contributed by atoms with Crippen LogP contribution < -0.4 is 10.6 Å². The molecule has 2 rings (SSSR count). The van der Waals surface area contributed by atoms with Gasteiger partial charge >= 0.3 is 5.97 Å². The van der Waals surface area contributed by atoms with Crippen LogP contribution in [-0.4, -0.2) is 39.9 Å². The number of aliphatic carboxylic acids is 1. The highest BCUT2D eigenvalue weighted by molar-refractivity contribution is 8.00. The Morgan fingerprint density at radius 3 is 2.77 bits per heavy atom. The van der Waals surface area contributed by atoms with Crippen LogP contribution in [0.1, 0.15) is 17.5 Å². The van der Waals surface area contributed by atoms with E-state index in [9.17, 15) is 14.4 Å². The van der Waals surface area contributed by atoms with Gasteiger partial charge in [0.2, 0.25) is 11.8 Å². The van der Waals surface area contributed by atoms with Crippen molar-refractivity contribution in [2.75, 3.05) is 10.7 Å². The normalized spacial score (nSPS) is 19.6. The average Bonchev–Trinajstić information content (AvgIpc) is 2.73. The fourth-order valence-corrected chi connectivity index (χ4v) is 3.33. The molecule has 7 heteroatoms. The van der Waals surface area contributed by atoms with Gasteiger partial charge in [-0.2, -0.15) is 0 Å². The fraction of sp³-hybridized carbons (Fsp3) is 0.400. The number of imide groups is 1. The second-order valence-corrected chi connectivity index (χ2v) is 6.56. The lowest BCUT2D eigenvalue weighted by Gasteiger charge is -2.18. The number of nitrogens with two attached hydrogens (primary N) is 1. The molecule has 22 heavy (non-hydrogen) atoms. The minimum Gasteiger partial charge on any atom is -0.480 e. The van der Waals surface area contributed by atoms with E-state index >= 15 is 0 Å². The topological polar surface area (TPSA) is 101 Å². The first kappa shape index (κ1) is 16.5. The second kappa shape index (κ2) is 6.50. The number of aryl methyl sites for hydroxylation is 2. The first-order valence-electron chi connectivity index (χ1n) is 6.85. The van der Waals surface area contributed by atoms with Crippen molar-refractivity contribution in [3.63, 3.8) is 0 Å². The Bertz CT molecular complexity index is 632. The summed E-state index contributed by atoms with van der Waals surface area (Å²) in [6.45, 7) is 3.74. The zero-order valence-corrected chi connectivity index (χ0v) is 13.2. The van der Waals surface area contributed by atoms with Crippen molar-refractivity contribution in [2.45, 2.75) is 31.6 Å². The molecule has 1 saturated heterocycles. The number of nitrogens with zero attached hydrogens (tertiary/aromatic N) is 1. The van der Waals surface area contributed by atoms with E-state index in [-0.39, 0.29) is 24.0 Å². The van der Waals surface area contributed by atoms with E-state index in [1.165, 1.54) is 4.90 Å². The molecule has 0 spiro atoms. The van der Waals surface area contributed by atoms with Crippen LogP contribution in [0, 0.1) is 13.8 Å². The monoisotopic (exact) mass is 322 g/mol. The van der Waals surface area contributed by atoms with Crippen LogP contribution in [0.3, 0.4) is 0 Å². The van der Waals surface area contributed by atoms with Crippen LogP contribution in [0.5, 0.6) is 0 Å². The third-order valence-electron chi connectivity index (χ3n) is 3.50. The van der Waals surface area contributed by atoms with Crippen molar-refractivity contribution in [2.24, 2.45) is 5.73 Å². The number of carboxylic acids is 1. The van der Waals surface area contributed by atoms with Gasteiger partial charge < -0.3 is 10.8 Å². The Kier molecular flexibility index (Phi) is 4.87. The van der Waals surface area contributed by atoms with E-state index in [2.05, 4.69) is 0 Å². The molecule has 118 valence electrons. The Morgan fingerprint density at radius 2 is 2.14 bits per heavy atom. The molecule has 1 aliphatic heterocycles. The quantitative estimate of drug-likeness (QED) is 0.787. The number of carbonyl (C=O) groups excluding carboxylic acids is 2. The number of carbonyl (C=O) groups is 3. The zero-order chi connectivity index (χ0) is 16.4. The van der Waals surface area contributed by atoms with Crippen molar-refractivity contribution in [1.29, 1.82) is 0 Å². The van der Waals surface area contributed by atoms with Gasteiger partial charge in [0.25, 0.3) is 0 Å². The van der Waals surface area contributed by atoms with Gasteiger partial charge in [0.1, 0.15) is 6.04 Å². The maximum Gasteiger partial charge on any atom is 0.321 e. The molecular formula is C15H18N2O4S. The Hall–Kier alpha value is -1.86. The predicted molar refractivity (Wildman–Crippen MR) is 84.9 cm³/mol. The third kappa shape index (κ3) is 3.31. The van der Waals surface area contributed by atoms with Crippen LogP contribution in [0.4, 0.5) is 5.69 Å². The molecular weight excluding hydrogens is 304 g/mol. The van der Waals surface area contributed by atoms with Crippen molar-refractivity contribution in [1.82, 2.24) is 0 Å². The van der Waals surface area contributed by atoms with E-state index in [1.54, 1.807) is 6.07 Å². The first-order chi connectivity index (χ1) is 10.3. The molecule has 1 aromatic carbocycles. The molecule has 0 radical (unpaired) electrons. The molecule has 1 aromatic rings. The van der Waals surface area contributed by atoms with Crippen LogP contribution in [0.15, 0.2) is 18.2 Å². The van der Waals surface area contributed by atoms with Crippen LogP contribution >= 0.6 is 11.8 Å². The number of anilines is 1. The third-order valence-corrected chi connectivity index (χ3v) is 4.83. The summed E-state index contributed by atoms with van der Waals surface area (Å²) < 4.78 is 0. The van der Waals surface area contributed by atoms with Gasteiger partial charge in [-0.25, -0.2) is 4.90 Å². The maximum absolute atomic E-state index is 12.5. The van der Waals surface area contributed by atoms with Crippen molar-refractivity contribution in [3.05, 3.63) is 29.3 Å². The molecule has 1 aliphatic rings. The van der Waals surface area contributed by atoms with Crippen molar-refractivity contribution >= 4 is 35.2 Å². The number of thioether (sulfide) groups is 1. The smallest absolute Gasteiger partial charge is 0.321 e. The van der Waals surface area contributed by atoms with E-state index in [0.29, 0.717) is 5.69 Å². The molecule has 2 atom stereocenters. The summed E-state index contributed by atoms with van der Waals surface area (Å²) in [7, 11) is 0. The zero-order valence-electron chi connectivity index (χ0n) is 12.4. The number of carboxylic acid groups (broad SMARTS) is 1. The summed E-state index contributed by atoms with van der Waals surface area (Å²) in [6.07, 6.45) is 0.0726. The highest BCUT2D eigenvalue weighted by Gasteiger charge is 2.40. The average molecular weight is 322 g/mol. The number of amides is 2. The molecule has 0 aliphatic carbocycles. The molecule has 0 saturated carbocycles. The summed E-state index contributed by atoms with van der Waals surface area (Å²) >= 11 is 1.12. The van der Waals surface area contributed by atoms with Crippen molar-refractivity contribution in [3.8, 4) is 0 Å². The van der Waals surface area contributed by atoms with Gasteiger partial charge in [-0.15, -0.1) is 11.8 Å². The van der Waals surface area contributed by atoms with Crippen LogP contribution in [-0.2, 0) is 14.4 Å². The molecule has 2 unspecified atom stereocenters. The number of benzene rings is 1. The van der Waals surface area contributed by atoms with E-state index in [4.69, 9.17) is 10.8 Å². The summed E-state index contributed by atoms with van der Waals surface area (Å²) in [5.74, 6) is -1.59. The summed E-state index contributed by atoms with van der Waals surface area (Å²) in [6, 6.07) is 4.55. The second-order valence-electron chi connectivity index (χ2n) is 5.33. The van der Waals surface area contributed by atoms with Crippen LogP contribution in [0.2, 0.25) is 0 Å². The molecule has 1 heterocycles. The Morgan fingerprint density at radius 1 is 1.45 bits per heavy atom. The standard InChI is InChI=1S/C15H18N2O4S/c1-8-3-4-9(2)11(5-8)17-13(18)6-12(14(17)19)22-7-10(16)15(20)21/h3-5,10,12H,6-7,16H2,1-2H3,(H,20,21). The van der Waals surface area contributed by atoms with Gasteiger partial charge in [-0.05, 0) is 31.0 Å². The van der Waals surface area contributed by atoms with Gasteiger partial charge in [0.15, 0.2) is 0 Å². The lowest BCUT2D eigenvalue weighted by molar-refractivity contribution is -0.138.